The van der Waals surface area contributed by atoms with E-state index in [4.69, 9.17) is 9.47 Å². The predicted octanol–water partition coefficient (Wildman–Crippen LogP) is 2.71. The molecule has 0 N–H and O–H groups in total. The molecule has 156 valence electrons. The molecule has 0 saturated heterocycles. The van der Waals surface area contributed by atoms with Crippen molar-refractivity contribution in [2.45, 2.75) is 38.8 Å². The van der Waals surface area contributed by atoms with Crippen LogP contribution in [0, 0.1) is 0 Å². The minimum Gasteiger partial charge on any atom is -0.491 e. The molecule has 0 radical (unpaired) electrons. The van der Waals surface area contributed by atoms with Crippen molar-refractivity contribution < 1.29 is 23.9 Å². The minimum atomic E-state index is -0.959. The second kappa shape index (κ2) is 8.18. The van der Waals surface area contributed by atoms with Crippen molar-refractivity contribution in [2.24, 2.45) is 0 Å². The van der Waals surface area contributed by atoms with Crippen LogP contribution in [-0.4, -0.2) is 43.1 Å². The van der Waals surface area contributed by atoms with Crippen LogP contribution in [0.4, 0.5) is 11.4 Å². The lowest BCUT2D eigenvalue weighted by Gasteiger charge is -2.27. The SMILES string of the molecule is C[C@@H](OC(=O)CN1C(=O)CCOc2ccccc21)C(=O)N1c2ccccc2C[C@@H]1C. The minimum absolute atomic E-state index is 0.00716. The Morgan fingerprint density at radius 2 is 1.83 bits per heavy atom. The zero-order chi connectivity index (χ0) is 21.3. The maximum absolute atomic E-state index is 13.0. The number of amides is 2. The van der Waals surface area contributed by atoms with Gasteiger partial charge in [0.05, 0.1) is 18.7 Å². The van der Waals surface area contributed by atoms with Gasteiger partial charge >= 0.3 is 5.97 Å². The Morgan fingerprint density at radius 1 is 1.13 bits per heavy atom. The van der Waals surface area contributed by atoms with E-state index in [0.29, 0.717) is 11.4 Å². The molecule has 2 aromatic carbocycles. The Kier molecular flexibility index (Phi) is 5.44. The van der Waals surface area contributed by atoms with Crippen LogP contribution >= 0.6 is 0 Å². The highest BCUT2D eigenvalue weighted by Gasteiger charge is 2.35. The summed E-state index contributed by atoms with van der Waals surface area (Å²) < 4.78 is 11.0. The zero-order valence-electron chi connectivity index (χ0n) is 17.0. The number of hydrogen-bond donors (Lipinski definition) is 0. The van der Waals surface area contributed by atoms with Gasteiger partial charge in [-0.25, -0.2) is 0 Å². The van der Waals surface area contributed by atoms with E-state index in [1.165, 1.54) is 4.90 Å². The van der Waals surface area contributed by atoms with Crippen molar-refractivity contribution in [1.82, 2.24) is 0 Å². The molecule has 2 amide bonds. The maximum atomic E-state index is 13.0. The van der Waals surface area contributed by atoms with Crippen LogP contribution < -0.4 is 14.5 Å². The summed E-state index contributed by atoms with van der Waals surface area (Å²) in [6.45, 7) is 3.51. The highest BCUT2D eigenvalue weighted by Crippen LogP contribution is 2.33. The van der Waals surface area contributed by atoms with Crippen molar-refractivity contribution in [1.29, 1.82) is 0 Å². The summed E-state index contributed by atoms with van der Waals surface area (Å²) in [5, 5.41) is 0. The molecule has 4 rings (SSSR count). The average Bonchev–Trinajstić information content (AvgIpc) is 2.98. The second-order valence-corrected chi connectivity index (χ2v) is 7.57. The molecule has 0 saturated carbocycles. The van der Waals surface area contributed by atoms with Crippen molar-refractivity contribution in [3.05, 3.63) is 54.1 Å². The summed E-state index contributed by atoms with van der Waals surface area (Å²) >= 11 is 0. The number of benzene rings is 2. The molecular weight excluding hydrogens is 384 g/mol. The molecule has 0 unspecified atom stereocenters. The van der Waals surface area contributed by atoms with Gasteiger partial charge in [-0.2, -0.15) is 0 Å². The lowest BCUT2D eigenvalue weighted by Crippen LogP contribution is -2.44. The molecule has 0 aromatic heterocycles. The Bertz CT molecular complexity index is 989. The summed E-state index contributed by atoms with van der Waals surface area (Å²) in [4.78, 5) is 41.1. The van der Waals surface area contributed by atoms with Gasteiger partial charge in [0.25, 0.3) is 5.91 Å². The number of anilines is 2. The number of fused-ring (bicyclic) bond motifs is 2. The number of carbonyl (C=O) groups excluding carboxylic acids is 3. The highest BCUT2D eigenvalue weighted by molar-refractivity contribution is 6.02. The van der Waals surface area contributed by atoms with Crippen LogP contribution in [0.2, 0.25) is 0 Å². The van der Waals surface area contributed by atoms with E-state index < -0.39 is 12.1 Å². The molecular formula is C23H24N2O5. The summed E-state index contributed by atoms with van der Waals surface area (Å²) in [5.74, 6) is -0.589. The van der Waals surface area contributed by atoms with Gasteiger partial charge in [0, 0.05) is 11.7 Å². The third kappa shape index (κ3) is 3.75. The third-order valence-electron chi connectivity index (χ3n) is 5.42. The Balaban J connectivity index is 1.45. The van der Waals surface area contributed by atoms with Crippen LogP contribution in [0.15, 0.2) is 48.5 Å². The van der Waals surface area contributed by atoms with E-state index >= 15 is 0 Å². The first kappa shape index (κ1) is 19.9. The third-order valence-corrected chi connectivity index (χ3v) is 5.42. The molecule has 7 heteroatoms. The molecule has 0 aliphatic carbocycles. The number of carbonyl (C=O) groups is 3. The number of rotatable bonds is 4. The molecule has 7 nitrogen and oxygen atoms in total. The fraction of sp³-hybridized carbons (Fsp3) is 0.348. The molecule has 2 aliphatic heterocycles. The number of para-hydroxylation sites is 3. The van der Waals surface area contributed by atoms with Gasteiger partial charge in [-0.05, 0) is 44.0 Å². The molecule has 2 atom stereocenters. The van der Waals surface area contributed by atoms with Crippen molar-refractivity contribution in [2.75, 3.05) is 23.0 Å². The number of hydrogen-bond acceptors (Lipinski definition) is 5. The van der Waals surface area contributed by atoms with E-state index in [0.717, 1.165) is 17.7 Å². The molecule has 0 fully saturated rings. The zero-order valence-corrected chi connectivity index (χ0v) is 17.0. The van der Waals surface area contributed by atoms with Gasteiger partial charge in [-0.15, -0.1) is 0 Å². The first-order chi connectivity index (χ1) is 14.5. The van der Waals surface area contributed by atoms with Gasteiger partial charge in [0.15, 0.2) is 6.10 Å². The maximum Gasteiger partial charge on any atom is 0.326 e. The smallest absolute Gasteiger partial charge is 0.326 e. The summed E-state index contributed by atoms with van der Waals surface area (Å²) in [6, 6.07) is 14.8. The van der Waals surface area contributed by atoms with Gasteiger partial charge in [0.2, 0.25) is 5.91 Å². The number of ether oxygens (including phenoxy) is 2. The summed E-state index contributed by atoms with van der Waals surface area (Å²) in [6.07, 6.45) is -0.0279. The summed E-state index contributed by atoms with van der Waals surface area (Å²) in [5.41, 5.74) is 2.48. The van der Waals surface area contributed by atoms with Crippen LogP contribution in [-0.2, 0) is 25.5 Å². The Labute approximate surface area is 175 Å². The van der Waals surface area contributed by atoms with E-state index in [9.17, 15) is 14.4 Å². The molecule has 2 heterocycles. The van der Waals surface area contributed by atoms with E-state index in [1.807, 2.05) is 31.2 Å². The average molecular weight is 408 g/mol. The molecule has 0 bridgehead atoms. The molecule has 2 aliphatic rings. The van der Waals surface area contributed by atoms with Gasteiger partial charge < -0.3 is 14.4 Å². The van der Waals surface area contributed by atoms with Crippen LogP contribution in [0.25, 0.3) is 0 Å². The van der Waals surface area contributed by atoms with Crippen molar-refractivity contribution >= 4 is 29.2 Å². The molecule has 0 spiro atoms. The first-order valence-corrected chi connectivity index (χ1v) is 10.1. The molecule has 2 aromatic rings. The Hall–Kier alpha value is -3.35. The van der Waals surface area contributed by atoms with Crippen molar-refractivity contribution in [3.8, 4) is 5.75 Å². The van der Waals surface area contributed by atoms with Crippen LogP contribution in [0.5, 0.6) is 5.75 Å². The summed E-state index contributed by atoms with van der Waals surface area (Å²) in [7, 11) is 0. The fourth-order valence-electron chi connectivity index (χ4n) is 4.00. The highest BCUT2D eigenvalue weighted by atomic mass is 16.5. The van der Waals surface area contributed by atoms with Gasteiger partial charge in [-0.1, -0.05) is 30.3 Å². The largest absolute Gasteiger partial charge is 0.491 e. The van der Waals surface area contributed by atoms with Gasteiger partial charge in [0.1, 0.15) is 12.3 Å². The van der Waals surface area contributed by atoms with E-state index in [1.54, 1.807) is 36.1 Å². The standard InChI is InChI=1S/C23H24N2O5/c1-15-13-17-7-3-4-8-18(17)25(15)23(28)16(2)30-22(27)14-24-19-9-5-6-10-20(19)29-12-11-21(24)26/h3-10,15-16H,11-14H2,1-2H3/t15-,16+/m0/s1. The number of nitrogens with zero attached hydrogens (tertiary/aromatic N) is 2. The lowest BCUT2D eigenvalue weighted by atomic mass is 10.1. The molecule has 30 heavy (non-hydrogen) atoms. The Morgan fingerprint density at radius 3 is 2.63 bits per heavy atom. The van der Waals surface area contributed by atoms with E-state index in [2.05, 4.69) is 0 Å². The van der Waals surface area contributed by atoms with Gasteiger partial charge in [-0.3, -0.25) is 19.3 Å². The van der Waals surface area contributed by atoms with Crippen LogP contribution in [0.3, 0.4) is 0 Å². The normalized spacial score (nSPS) is 18.7. The van der Waals surface area contributed by atoms with Crippen LogP contribution in [0.1, 0.15) is 25.8 Å². The monoisotopic (exact) mass is 408 g/mol. The number of esters is 1. The second-order valence-electron chi connectivity index (χ2n) is 7.57. The fourth-order valence-corrected chi connectivity index (χ4v) is 4.00. The lowest BCUT2D eigenvalue weighted by molar-refractivity contribution is -0.153. The first-order valence-electron chi connectivity index (χ1n) is 10.1. The topological polar surface area (TPSA) is 76.1 Å². The van der Waals surface area contributed by atoms with Crippen molar-refractivity contribution in [3.63, 3.8) is 0 Å². The van der Waals surface area contributed by atoms with E-state index in [-0.39, 0.29) is 37.4 Å². The predicted molar refractivity (Wildman–Crippen MR) is 112 cm³/mol. The quantitative estimate of drug-likeness (QED) is 0.727.